The van der Waals surface area contributed by atoms with Gasteiger partial charge in [-0.3, -0.25) is 0 Å². The van der Waals surface area contributed by atoms with Crippen molar-refractivity contribution in [3.8, 4) is 5.75 Å². The third kappa shape index (κ3) is 2.95. The predicted octanol–water partition coefficient (Wildman–Crippen LogP) is 4.45. The Morgan fingerprint density at radius 1 is 1.44 bits per heavy atom. The van der Waals surface area contributed by atoms with Gasteiger partial charge in [-0.1, -0.05) is 22.5 Å². The highest BCUT2D eigenvalue weighted by Gasteiger charge is 2.31. The molecule has 2 rings (SSSR count). The lowest BCUT2D eigenvalue weighted by Crippen LogP contribution is -2.31. The van der Waals surface area contributed by atoms with Gasteiger partial charge in [-0.25, -0.2) is 0 Å². The smallest absolute Gasteiger partial charge is 0.185 e. The maximum atomic E-state index is 6.26. The van der Waals surface area contributed by atoms with Gasteiger partial charge >= 0.3 is 0 Å². The van der Waals surface area contributed by atoms with Gasteiger partial charge in [0.2, 0.25) is 0 Å². The van der Waals surface area contributed by atoms with Crippen molar-refractivity contribution in [3.63, 3.8) is 0 Å². The highest BCUT2D eigenvalue weighted by molar-refractivity contribution is 9.10. The van der Waals surface area contributed by atoms with Crippen LogP contribution in [0.2, 0.25) is 19.6 Å². The number of hydrogen-bond acceptors (Lipinski definition) is 2. The van der Waals surface area contributed by atoms with Gasteiger partial charge in [0.15, 0.2) is 8.32 Å². The Morgan fingerprint density at radius 3 is 2.78 bits per heavy atom. The summed E-state index contributed by atoms with van der Waals surface area (Å²) >= 11 is 3.49. The van der Waals surface area contributed by atoms with E-state index in [4.69, 9.17) is 9.16 Å². The molecule has 1 aliphatic rings. The second-order valence-electron chi connectivity index (χ2n) is 5.28. The molecule has 0 saturated carbocycles. The highest BCUT2D eigenvalue weighted by atomic mass is 79.9. The van der Waals surface area contributed by atoms with Gasteiger partial charge in [0.25, 0.3) is 0 Å². The van der Waals surface area contributed by atoms with Crippen LogP contribution in [0.1, 0.15) is 11.7 Å². The van der Waals surface area contributed by atoms with Gasteiger partial charge in [0.1, 0.15) is 18.5 Å². The standard InChI is InChI=1S/C14H17BrO2Si/c1-5-10-9-16-13-7-6-11(15)8-12(13)14(10)17-18(2,3)4/h6-8,14H,1,9H2,2-4H3. The summed E-state index contributed by atoms with van der Waals surface area (Å²) in [5.41, 5.74) is 4.99. The lowest BCUT2D eigenvalue weighted by atomic mass is 9.99. The zero-order valence-electron chi connectivity index (χ0n) is 10.9. The van der Waals surface area contributed by atoms with Crippen molar-refractivity contribution in [1.29, 1.82) is 0 Å². The van der Waals surface area contributed by atoms with E-state index in [-0.39, 0.29) is 6.10 Å². The molecule has 2 nitrogen and oxygen atoms in total. The van der Waals surface area contributed by atoms with E-state index < -0.39 is 8.32 Å². The lowest BCUT2D eigenvalue weighted by Gasteiger charge is -2.32. The maximum absolute atomic E-state index is 6.26. The van der Waals surface area contributed by atoms with Gasteiger partial charge in [-0.15, -0.1) is 5.73 Å². The summed E-state index contributed by atoms with van der Waals surface area (Å²) in [6, 6.07) is 6.00. The van der Waals surface area contributed by atoms with Crippen LogP contribution in [-0.2, 0) is 4.43 Å². The van der Waals surface area contributed by atoms with Gasteiger partial charge in [0, 0.05) is 15.6 Å². The van der Waals surface area contributed by atoms with E-state index in [0.29, 0.717) is 6.61 Å². The Labute approximate surface area is 118 Å². The highest BCUT2D eigenvalue weighted by Crippen LogP contribution is 2.40. The molecular weight excluding hydrogens is 308 g/mol. The molecule has 1 atom stereocenters. The normalized spacial score (nSPS) is 18.9. The van der Waals surface area contributed by atoms with E-state index in [1.807, 2.05) is 12.1 Å². The largest absolute Gasteiger partial charge is 0.488 e. The fourth-order valence-electron chi connectivity index (χ4n) is 1.91. The molecule has 0 saturated heterocycles. The van der Waals surface area contributed by atoms with Crippen molar-refractivity contribution < 1.29 is 9.16 Å². The van der Waals surface area contributed by atoms with E-state index in [0.717, 1.165) is 21.4 Å². The van der Waals surface area contributed by atoms with Crippen LogP contribution in [0, 0.1) is 0 Å². The summed E-state index contributed by atoms with van der Waals surface area (Å²) in [6.07, 6.45) is -0.0737. The quantitative estimate of drug-likeness (QED) is 0.591. The Bertz CT molecular complexity index is 513. The second-order valence-corrected chi connectivity index (χ2v) is 10.7. The summed E-state index contributed by atoms with van der Waals surface area (Å²) in [4.78, 5) is 0. The van der Waals surface area contributed by atoms with Crippen molar-refractivity contribution in [2.24, 2.45) is 0 Å². The van der Waals surface area contributed by atoms with Crippen LogP contribution in [0.4, 0.5) is 0 Å². The molecule has 1 unspecified atom stereocenters. The molecular formula is C14H17BrO2Si. The molecule has 18 heavy (non-hydrogen) atoms. The van der Waals surface area contributed by atoms with Crippen LogP contribution < -0.4 is 4.74 Å². The number of benzene rings is 1. The SMILES string of the molecule is C=C=C1COc2ccc(Br)cc2C1O[Si](C)(C)C. The first-order valence-corrected chi connectivity index (χ1v) is 10.1. The molecule has 4 heteroatoms. The van der Waals surface area contributed by atoms with Crippen LogP contribution in [0.25, 0.3) is 0 Å². The zero-order chi connectivity index (χ0) is 13.3. The first-order valence-electron chi connectivity index (χ1n) is 5.89. The van der Waals surface area contributed by atoms with Gasteiger partial charge < -0.3 is 9.16 Å². The molecule has 0 aromatic heterocycles. The molecule has 0 N–H and O–H groups in total. The summed E-state index contributed by atoms with van der Waals surface area (Å²) in [7, 11) is -1.65. The third-order valence-corrected chi connectivity index (χ3v) is 4.09. The lowest BCUT2D eigenvalue weighted by molar-refractivity contribution is 0.186. The van der Waals surface area contributed by atoms with E-state index in [2.05, 4.69) is 53.9 Å². The molecule has 0 amide bonds. The molecule has 0 fully saturated rings. The summed E-state index contributed by atoms with van der Waals surface area (Å²) in [5, 5.41) is 0. The Balaban J connectivity index is 2.47. The summed E-state index contributed by atoms with van der Waals surface area (Å²) in [6.45, 7) is 10.8. The van der Waals surface area contributed by atoms with Crippen molar-refractivity contribution in [2.75, 3.05) is 6.61 Å². The molecule has 96 valence electrons. The van der Waals surface area contributed by atoms with E-state index in [9.17, 15) is 0 Å². The van der Waals surface area contributed by atoms with Gasteiger partial charge in [0.05, 0.1) is 0 Å². The number of rotatable bonds is 2. The van der Waals surface area contributed by atoms with Crippen LogP contribution >= 0.6 is 15.9 Å². The summed E-state index contributed by atoms with van der Waals surface area (Å²) in [5.74, 6) is 0.889. The number of ether oxygens (including phenoxy) is 1. The monoisotopic (exact) mass is 324 g/mol. The number of fused-ring (bicyclic) bond motifs is 1. The average molecular weight is 325 g/mol. The van der Waals surface area contributed by atoms with Gasteiger partial charge in [-0.05, 0) is 37.8 Å². The number of hydrogen-bond donors (Lipinski definition) is 0. The fourth-order valence-corrected chi connectivity index (χ4v) is 3.26. The summed E-state index contributed by atoms with van der Waals surface area (Å²) < 4.78 is 13.0. The fraction of sp³-hybridized carbons (Fsp3) is 0.357. The Morgan fingerprint density at radius 2 is 2.17 bits per heavy atom. The molecule has 1 aromatic carbocycles. The van der Waals surface area contributed by atoms with Crippen LogP contribution in [0.5, 0.6) is 5.75 Å². The van der Waals surface area contributed by atoms with E-state index in [1.165, 1.54) is 0 Å². The molecule has 1 aliphatic heterocycles. The minimum absolute atomic E-state index is 0.0737. The first-order chi connectivity index (χ1) is 8.40. The minimum Gasteiger partial charge on any atom is -0.488 e. The van der Waals surface area contributed by atoms with E-state index in [1.54, 1.807) is 0 Å². The predicted molar refractivity (Wildman–Crippen MR) is 79.5 cm³/mol. The van der Waals surface area contributed by atoms with Crippen molar-refractivity contribution in [1.82, 2.24) is 0 Å². The number of halogens is 1. The Hall–Kier alpha value is -0.803. The topological polar surface area (TPSA) is 18.5 Å². The second kappa shape index (κ2) is 5.06. The minimum atomic E-state index is -1.65. The average Bonchev–Trinajstić information content (AvgIpc) is 2.28. The maximum Gasteiger partial charge on any atom is 0.185 e. The Kier molecular flexibility index (Phi) is 3.83. The van der Waals surface area contributed by atoms with Crippen molar-refractivity contribution in [2.45, 2.75) is 25.7 Å². The molecule has 0 spiro atoms. The molecule has 0 radical (unpaired) electrons. The first kappa shape index (κ1) is 13.6. The van der Waals surface area contributed by atoms with Crippen molar-refractivity contribution in [3.05, 3.63) is 46.1 Å². The zero-order valence-corrected chi connectivity index (χ0v) is 13.5. The van der Waals surface area contributed by atoms with Crippen LogP contribution in [0.15, 0.2) is 40.6 Å². The van der Waals surface area contributed by atoms with Crippen molar-refractivity contribution >= 4 is 24.2 Å². The van der Waals surface area contributed by atoms with Crippen LogP contribution in [-0.4, -0.2) is 14.9 Å². The molecule has 0 bridgehead atoms. The van der Waals surface area contributed by atoms with E-state index >= 15 is 0 Å². The molecule has 1 aromatic rings. The van der Waals surface area contributed by atoms with Gasteiger partial charge in [-0.2, -0.15) is 0 Å². The molecule has 1 heterocycles. The molecule has 0 aliphatic carbocycles. The third-order valence-electron chi connectivity index (χ3n) is 2.65. The van der Waals surface area contributed by atoms with Crippen LogP contribution in [0.3, 0.4) is 0 Å².